The number of esters is 1. The number of hydrogen-bond donors (Lipinski definition) is 3. The SMILES string of the molecule is CC/C=C/C/C=C/C/C=C/CCCCCCCCC(=O)OC(C/C=C\C/C=C\C/C=C\C/C=C\CCCCC)CC(=O)NC(CO)C(O)CCCCCCCCCCCCCC. The molecular formula is C56H97NO5. The average Bonchev–Trinajstić information content (AvgIpc) is 3.26. The molecule has 0 fully saturated rings. The van der Waals surface area contributed by atoms with Crippen LogP contribution in [0, 0.1) is 0 Å². The molecule has 6 nitrogen and oxygen atoms in total. The van der Waals surface area contributed by atoms with Gasteiger partial charge >= 0.3 is 5.97 Å². The Hall–Kier alpha value is -2.96. The summed E-state index contributed by atoms with van der Waals surface area (Å²) in [4.78, 5) is 26.1. The molecule has 62 heavy (non-hydrogen) atoms. The van der Waals surface area contributed by atoms with Crippen LogP contribution in [0.25, 0.3) is 0 Å². The molecule has 0 aromatic carbocycles. The van der Waals surface area contributed by atoms with Gasteiger partial charge in [0.05, 0.1) is 25.2 Å². The highest BCUT2D eigenvalue weighted by molar-refractivity contribution is 5.77. The minimum atomic E-state index is -0.816. The number of allylic oxidation sites excluding steroid dienone is 13. The molecule has 0 aliphatic heterocycles. The van der Waals surface area contributed by atoms with Crippen molar-refractivity contribution in [1.82, 2.24) is 5.32 Å². The van der Waals surface area contributed by atoms with E-state index in [-0.39, 0.29) is 24.9 Å². The van der Waals surface area contributed by atoms with E-state index in [1.165, 1.54) is 103 Å². The van der Waals surface area contributed by atoms with Crippen molar-refractivity contribution in [2.45, 2.75) is 251 Å². The first kappa shape index (κ1) is 59.0. The van der Waals surface area contributed by atoms with Crippen LogP contribution >= 0.6 is 0 Å². The number of rotatable bonds is 45. The number of nitrogens with one attached hydrogen (secondary N) is 1. The molecule has 0 radical (unpaired) electrons. The molecule has 0 spiro atoms. The monoisotopic (exact) mass is 864 g/mol. The van der Waals surface area contributed by atoms with Crippen LogP contribution < -0.4 is 5.32 Å². The van der Waals surface area contributed by atoms with E-state index in [1.807, 2.05) is 12.2 Å². The normalized spacial score (nSPS) is 14.0. The largest absolute Gasteiger partial charge is 0.461 e. The van der Waals surface area contributed by atoms with Crippen LogP contribution in [-0.2, 0) is 14.3 Å². The maximum absolute atomic E-state index is 13.2. The highest BCUT2D eigenvalue weighted by atomic mass is 16.5. The summed E-state index contributed by atoms with van der Waals surface area (Å²) < 4.78 is 5.86. The summed E-state index contributed by atoms with van der Waals surface area (Å²) in [6, 6.07) is -0.737. The van der Waals surface area contributed by atoms with Gasteiger partial charge < -0.3 is 20.3 Å². The molecule has 0 bridgehead atoms. The topological polar surface area (TPSA) is 95.9 Å². The smallest absolute Gasteiger partial charge is 0.306 e. The number of aliphatic hydroxyl groups excluding tert-OH is 2. The molecule has 0 aromatic rings. The van der Waals surface area contributed by atoms with Crippen molar-refractivity contribution in [3.8, 4) is 0 Å². The molecule has 0 rings (SSSR count). The van der Waals surface area contributed by atoms with Gasteiger partial charge in [0.15, 0.2) is 0 Å². The summed E-state index contributed by atoms with van der Waals surface area (Å²) in [6.45, 7) is 6.31. The number of carbonyl (C=O) groups excluding carboxylic acids is 2. The Morgan fingerprint density at radius 3 is 1.40 bits per heavy atom. The minimum Gasteiger partial charge on any atom is -0.461 e. The van der Waals surface area contributed by atoms with Gasteiger partial charge in [-0.3, -0.25) is 9.59 Å². The second kappa shape index (κ2) is 49.1. The van der Waals surface area contributed by atoms with Gasteiger partial charge in [0.25, 0.3) is 0 Å². The predicted octanol–water partition coefficient (Wildman–Crippen LogP) is 15.6. The molecular weight excluding hydrogens is 767 g/mol. The zero-order chi connectivity index (χ0) is 45.2. The van der Waals surface area contributed by atoms with Crippen LogP contribution in [0.15, 0.2) is 85.1 Å². The first-order chi connectivity index (χ1) is 30.5. The van der Waals surface area contributed by atoms with Crippen molar-refractivity contribution in [2.24, 2.45) is 0 Å². The summed E-state index contributed by atoms with van der Waals surface area (Å²) in [5, 5.41) is 23.7. The third kappa shape index (κ3) is 43.7. The quantitative estimate of drug-likeness (QED) is 0.0322. The van der Waals surface area contributed by atoms with Crippen LogP contribution in [0.2, 0.25) is 0 Å². The Labute approximate surface area is 383 Å². The second-order valence-corrected chi connectivity index (χ2v) is 17.2. The van der Waals surface area contributed by atoms with Crippen LogP contribution in [0.5, 0.6) is 0 Å². The van der Waals surface area contributed by atoms with Crippen molar-refractivity contribution in [3.63, 3.8) is 0 Å². The van der Waals surface area contributed by atoms with E-state index in [1.54, 1.807) is 0 Å². The fraction of sp³-hybridized carbons (Fsp3) is 0.714. The summed E-state index contributed by atoms with van der Waals surface area (Å²) in [5.41, 5.74) is 0. The maximum Gasteiger partial charge on any atom is 0.306 e. The number of unbranched alkanes of at least 4 members (excludes halogenated alkanes) is 20. The molecule has 0 aliphatic carbocycles. The van der Waals surface area contributed by atoms with E-state index in [2.05, 4.69) is 99.0 Å². The standard InChI is InChI=1S/C56H97NO5/c1-4-7-10-13-16-19-22-25-27-29-31-34-37-40-43-46-49-56(61)62-52(47-44-41-38-35-32-30-28-26-23-20-17-14-11-8-5-2)50-55(60)57-53(51-58)54(59)48-45-42-39-36-33-24-21-18-15-12-9-6-3/h7,10,16-17,19-20,25-28,32,35,41,44,52-54,58-59H,4-6,8-9,11-15,18,21-24,29-31,33-34,36-40,42-43,45-51H2,1-3H3,(H,57,60)/b10-7+,19-16+,20-17-,27-25+,28-26-,35-32-,44-41-. The molecule has 3 unspecified atom stereocenters. The molecule has 3 N–H and O–H groups in total. The van der Waals surface area contributed by atoms with Crippen LogP contribution in [0.4, 0.5) is 0 Å². The summed E-state index contributed by atoms with van der Waals surface area (Å²) in [6.07, 6.45) is 63.7. The lowest BCUT2D eigenvalue weighted by Crippen LogP contribution is -2.46. The molecule has 0 saturated carbocycles. The number of aliphatic hydroxyl groups is 2. The van der Waals surface area contributed by atoms with E-state index < -0.39 is 18.2 Å². The number of amides is 1. The Bertz CT molecular complexity index is 1200. The Morgan fingerprint density at radius 1 is 0.500 bits per heavy atom. The van der Waals surface area contributed by atoms with Gasteiger partial charge in [0.2, 0.25) is 5.91 Å². The van der Waals surface area contributed by atoms with Gasteiger partial charge in [-0.05, 0) is 77.0 Å². The first-order valence-corrected chi connectivity index (χ1v) is 25.8. The highest BCUT2D eigenvalue weighted by Gasteiger charge is 2.23. The number of hydrogen-bond acceptors (Lipinski definition) is 5. The third-order valence-electron chi connectivity index (χ3n) is 11.2. The van der Waals surface area contributed by atoms with Gasteiger partial charge in [0.1, 0.15) is 6.10 Å². The van der Waals surface area contributed by atoms with Crippen molar-refractivity contribution in [1.29, 1.82) is 0 Å². The number of ether oxygens (including phenoxy) is 1. The lowest BCUT2D eigenvalue weighted by molar-refractivity contribution is -0.150. The van der Waals surface area contributed by atoms with Crippen LogP contribution in [-0.4, -0.2) is 46.9 Å². The van der Waals surface area contributed by atoms with E-state index in [4.69, 9.17) is 4.74 Å². The molecule has 6 heteroatoms. The van der Waals surface area contributed by atoms with Crippen LogP contribution in [0.3, 0.4) is 0 Å². The Kier molecular flexibility index (Phi) is 46.7. The fourth-order valence-corrected chi connectivity index (χ4v) is 7.31. The summed E-state index contributed by atoms with van der Waals surface area (Å²) in [5.74, 6) is -0.595. The van der Waals surface area contributed by atoms with Crippen molar-refractivity contribution < 1.29 is 24.5 Å². The minimum absolute atomic E-state index is 0.00732. The average molecular weight is 864 g/mol. The Balaban J connectivity index is 4.75. The van der Waals surface area contributed by atoms with Gasteiger partial charge in [-0.1, -0.05) is 221 Å². The van der Waals surface area contributed by atoms with Crippen molar-refractivity contribution >= 4 is 11.9 Å². The lowest BCUT2D eigenvalue weighted by atomic mass is 10.0. The van der Waals surface area contributed by atoms with Crippen molar-refractivity contribution in [2.75, 3.05) is 6.61 Å². The number of carbonyl (C=O) groups is 2. The van der Waals surface area contributed by atoms with E-state index in [0.717, 1.165) is 83.5 Å². The molecule has 0 aliphatic rings. The van der Waals surface area contributed by atoms with E-state index in [9.17, 15) is 19.8 Å². The summed E-state index contributed by atoms with van der Waals surface area (Å²) >= 11 is 0. The highest BCUT2D eigenvalue weighted by Crippen LogP contribution is 2.16. The molecule has 3 atom stereocenters. The van der Waals surface area contributed by atoms with Gasteiger partial charge in [-0.2, -0.15) is 0 Å². The fourth-order valence-electron chi connectivity index (χ4n) is 7.31. The molecule has 356 valence electrons. The maximum atomic E-state index is 13.2. The molecule has 1 amide bonds. The van der Waals surface area contributed by atoms with Crippen molar-refractivity contribution in [3.05, 3.63) is 85.1 Å². The second-order valence-electron chi connectivity index (χ2n) is 17.2. The van der Waals surface area contributed by atoms with E-state index >= 15 is 0 Å². The zero-order valence-corrected chi connectivity index (χ0v) is 40.5. The van der Waals surface area contributed by atoms with Gasteiger partial charge in [-0.15, -0.1) is 0 Å². The predicted molar refractivity (Wildman–Crippen MR) is 268 cm³/mol. The third-order valence-corrected chi connectivity index (χ3v) is 11.2. The molecule has 0 saturated heterocycles. The molecule has 0 heterocycles. The van der Waals surface area contributed by atoms with Crippen LogP contribution in [0.1, 0.15) is 233 Å². The zero-order valence-electron chi connectivity index (χ0n) is 40.5. The lowest BCUT2D eigenvalue weighted by Gasteiger charge is -2.24. The van der Waals surface area contributed by atoms with E-state index in [0.29, 0.717) is 19.3 Å². The Morgan fingerprint density at radius 2 is 0.903 bits per heavy atom. The summed E-state index contributed by atoms with van der Waals surface area (Å²) in [7, 11) is 0. The molecule has 0 aromatic heterocycles. The first-order valence-electron chi connectivity index (χ1n) is 25.8. The van der Waals surface area contributed by atoms with Gasteiger partial charge in [0, 0.05) is 12.8 Å². The van der Waals surface area contributed by atoms with Gasteiger partial charge in [-0.25, -0.2) is 0 Å².